The second-order valence-corrected chi connectivity index (χ2v) is 21.6. The fourth-order valence-electron chi connectivity index (χ4n) is 2.57. The van der Waals surface area contributed by atoms with Crippen LogP contribution in [-0.2, 0) is 19.2 Å². The minimum atomic E-state index is -1.22. The Bertz CT molecular complexity index is 493. The average Bonchev–Trinajstić information content (AvgIpc) is 2.85. The summed E-state index contributed by atoms with van der Waals surface area (Å²) in [6.45, 7) is 15.1. The summed E-state index contributed by atoms with van der Waals surface area (Å²) in [6.07, 6.45) is 16.0. The van der Waals surface area contributed by atoms with Crippen molar-refractivity contribution in [3.63, 3.8) is 0 Å². The number of halogens is 2. The van der Waals surface area contributed by atoms with Crippen LogP contribution < -0.4 is 24.8 Å². The van der Waals surface area contributed by atoms with Crippen molar-refractivity contribution in [1.82, 2.24) is 0 Å². The molecule has 0 aromatic heterocycles. The monoisotopic (exact) mass is 392 g/mol. The van der Waals surface area contributed by atoms with Gasteiger partial charge in [0, 0.05) is 0 Å². The molecule has 2 rings (SSSR count). The van der Waals surface area contributed by atoms with Crippen molar-refractivity contribution in [2.24, 2.45) is 0 Å². The minimum absolute atomic E-state index is 0. The zero-order valence-corrected chi connectivity index (χ0v) is 19.0. The molecular weight excluding hydrogens is 367 g/mol. The van der Waals surface area contributed by atoms with E-state index < -0.39 is 16.1 Å². The molecule has 0 spiro atoms. The largest absolute Gasteiger partial charge is 1.00 e. The van der Waals surface area contributed by atoms with Gasteiger partial charge in [0.15, 0.2) is 0 Å². The molecule has 21 heavy (non-hydrogen) atoms. The van der Waals surface area contributed by atoms with Crippen molar-refractivity contribution in [1.29, 1.82) is 0 Å². The third-order valence-electron chi connectivity index (χ3n) is 4.15. The molecule has 0 amide bonds. The van der Waals surface area contributed by atoms with E-state index in [2.05, 4.69) is 75.7 Å². The zero-order chi connectivity index (χ0) is 14.3. The van der Waals surface area contributed by atoms with Crippen molar-refractivity contribution < 1.29 is 44.0 Å². The SMILES string of the molecule is C[Si](C)(C)C1=C[C]([Ti+2][C]2=CC=CC2)([Si](C)(C)C)C=C1.[Cl-].[Cl-]. The van der Waals surface area contributed by atoms with Crippen molar-refractivity contribution in [3.05, 3.63) is 45.5 Å². The summed E-state index contributed by atoms with van der Waals surface area (Å²) >= 11 is -0.0719. The molecule has 0 aromatic rings. The van der Waals surface area contributed by atoms with E-state index in [1.165, 1.54) is 6.42 Å². The van der Waals surface area contributed by atoms with Gasteiger partial charge in [-0.2, -0.15) is 0 Å². The van der Waals surface area contributed by atoms with Crippen molar-refractivity contribution in [2.75, 3.05) is 0 Å². The molecule has 0 radical (unpaired) electrons. The van der Waals surface area contributed by atoms with Crippen LogP contribution in [0.2, 0.25) is 42.6 Å². The van der Waals surface area contributed by atoms with Crippen LogP contribution in [-0.4, -0.2) is 16.1 Å². The maximum atomic E-state index is 2.71. The summed E-state index contributed by atoms with van der Waals surface area (Å²) in [5, 5.41) is 1.69. The fraction of sp³-hybridized carbons (Fsp3) is 0.500. The first-order chi connectivity index (χ1) is 8.64. The Labute approximate surface area is 154 Å². The van der Waals surface area contributed by atoms with Gasteiger partial charge in [-0.3, -0.25) is 0 Å². The first kappa shape index (κ1) is 21.7. The van der Waals surface area contributed by atoms with Crippen LogP contribution in [0.4, 0.5) is 0 Å². The number of hydrogen-bond donors (Lipinski definition) is 0. The summed E-state index contributed by atoms with van der Waals surface area (Å²) in [5.74, 6) is 0. The Morgan fingerprint density at radius 2 is 1.67 bits per heavy atom. The molecule has 116 valence electrons. The predicted octanol–water partition coefficient (Wildman–Crippen LogP) is -0.670. The molecular formula is C16H26Cl2Si2Ti. The van der Waals surface area contributed by atoms with Crippen LogP contribution in [0.5, 0.6) is 0 Å². The Morgan fingerprint density at radius 3 is 2.05 bits per heavy atom. The molecule has 0 N–H and O–H groups in total. The molecule has 1 atom stereocenters. The molecule has 0 saturated heterocycles. The number of rotatable bonds is 4. The molecule has 0 saturated carbocycles. The van der Waals surface area contributed by atoms with E-state index in [0.717, 1.165) is 0 Å². The molecule has 0 nitrogen and oxygen atoms in total. The predicted molar refractivity (Wildman–Crippen MR) is 88.4 cm³/mol. The van der Waals surface area contributed by atoms with E-state index in [1.54, 1.807) is 9.07 Å². The Kier molecular flexibility index (Phi) is 7.75. The summed E-state index contributed by atoms with van der Waals surface area (Å²) in [4.78, 5) is 0. The van der Waals surface area contributed by atoms with Crippen molar-refractivity contribution in [2.45, 2.75) is 49.0 Å². The van der Waals surface area contributed by atoms with Crippen LogP contribution in [0.15, 0.2) is 45.5 Å². The third-order valence-corrected chi connectivity index (χ3v) is 15.2. The van der Waals surface area contributed by atoms with E-state index in [1.807, 2.05) is 0 Å². The maximum Gasteiger partial charge on any atom is -1.00 e. The quantitative estimate of drug-likeness (QED) is 0.556. The topological polar surface area (TPSA) is 0 Å². The number of allylic oxidation sites excluding steroid dienone is 8. The second-order valence-electron chi connectivity index (χ2n) is 7.75. The normalized spacial score (nSPS) is 23.9. The first-order valence-corrected chi connectivity index (χ1v) is 15.8. The minimum Gasteiger partial charge on any atom is -1.00 e. The van der Waals surface area contributed by atoms with Gasteiger partial charge in [-0.05, 0) is 0 Å². The van der Waals surface area contributed by atoms with Crippen LogP contribution in [0, 0.1) is 0 Å². The van der Waals surface area contributed by atoms with Crippen LogP contribution >= 0.6 is 0 Å². The van der Waals surface area contributed by atoms with Gasteiger partial charge in [-0.1, -0.05) is 0 Å². The molecule has 0 fully saturated rings. The Balaban J connectivity index is 0.00000200. The van der Waals surface area contributed by atoms with Crippen molar-refractivity contribution >= 4 is 16.1 Å². The summed E-state index contributed by atoms with van der Waals surface area (Å²) in [6, 6.07) is 0. The molecule has 5 heteroatoms. The van der Waals surface area contributed by atoms with Gasteiger partial charge in [-0.25, -0.2) is 0 Å². The van der Waals surface area contributed by atoms with Gasteiger partial charge in [0.25, 0.3) is 0 Å². The van der Waals surface area contributed by atoms with E-state index in [9.17, 15) is 0 Å². The molecule has 1 unspecified atom stereocenters. The van der Waals surface area contributed by atoms with E-state index >= 15 is 0 Å². The number of hydrogen-bond acceptors (Lipinski definition) is 0. The fourth-order valence-corrected chi connectivity index (χ4v) is 10.2. The van der Waals surface area contributed by atoms with E-state index in [-0.39, 0.29) is 44.0 Å². The molecule has 0 aliphatic heterocycles. The smallest absolute Gasteiger partial charge is 1.00 e. The standard InChI is InChI=1S/C11H21Si2.C5H5.2ClH.Ti/c1-12(2,3)10-7-8-11(9-10)13(4,5)6;1-2-4-5-3-1;;;/h7-9H,1-6H3;1-3H,4H2;2*1H;/q;;;;+2/p-2. The van der Waals surface area contributed by atoms with E-state index in [0.29, 0.717) is 3.34 Å². The van der Waals surface area contributed by atoms with Crippen LogP contribution in [0.3, 0.4) is 0 Å². The zero-order valence-electron chi connectivity index (χ0n) is 13.9. The molecule has 0 bridgehead atoms. The molecule has 2 aliphatic rings. The van der Waals surface area contributed by atoms with Gasteiger partial charge in [0.2, 0.25) is 0 Å². The first-order valence-electron chi connectivity index (χ1n) is 7.21. The summed E-state index contributed by atoms with van der Waals surface area (Å²) in [5.41, 5.74) is 0. The average molecular weight is 393 g/mol. The second kappa shape index (κ2) is 7.50. The van der Waals surface area contributed by atoms with Gasteiger partial charge in [0.05, 0.1) is 0 Å². The Hall–Kier alpha value is 0.688. The van der Waals surface area contributed by atoms with Crippen LogP contribution in [0.1, 0.15) is 6.42 Å². The Morgan fingerprint density at radius 1 is 1.05 bits per heavy atom. The van der Waals surface area contributed by atoms with Gasteiger partial charge < -0.3 is 24.8 Å². The third kappa shape index (κ3) is 4.83. The van der Waals surface area contributed by atoms with Crippen molar-refractivity contribution in [3.8, 4) is 0 Å². The van der Waals surface area contributed by atoms with Gasteiger partial charge in [0.1, 0.15) is 0 Å². The molecule has 0 aromatic carbocycles. The maximum absolute atomic E-state index is 2.71. The summed E-state index contributed by atoms with van der Waals surface area (Å²) in [7, 11) is -2.38. The van der Waals surface area contributed by atoms with Crippen LogP contribution in [0.25, 0.3) is 0 Å². The molecule has 0 heterocycles. The summed E-state index contributed by atoms with van der Waals surface area (Å²) < 4.78 is 2.21. The van der Waals surface area contributed by atoms with Gasteiger partial charge in [-0.15, -0.1) is 0 Å². The van der Waals surface area contributed by atoms with Gasteiger partial charge >= 0.3 is 130 Å². The van der Waals surface area contributed by atoms with E-state index in [4.69, 9.17) is 0 Å². The molecule has 2 aliphatic carbocycles.